The van der Waals surface area contributed by atoms with E-state index >= 15 is 0 Å². The Morgan fingerprint density at radius 1 is 1.35 bits per heavy atom. The smallest absolute Gasteiger partial charge is 0.274 e. The Morgan fingerprint density at radius 2 is 2.00 bits per heavy atom. The van der Waals surface area contributed by atoms with E-state index in [0.29, 0.717) is 23.2 Å². The molecule has 0 fully saturated rings. The number of aromatic nitrogens is 2. The van der Waals surface area contributed by atoms with Gasteiger partial charge in [-0.25, -0.2) is 4.68 Å². The van der Waals surface area contributed by atoms with Crippen LogP contribution in [0.5, 0.6) is 5.88 Å². The Labute approximate surface area is 117 Å². The van der Waals surface area contributed by atoms with Crippen molar-refractivity contribution in [3.63, 3.8) is 0 Å². The number of aliphatic hydroxyl groups excluding tert-OH is 1. The average Bonchev–Trinajstić information content (AvgIpc) is 2.40. The first-order valence-electron chi connectivity index (χ1n) is 6.40. The molecule has 0 aliphatic heterocycles. The van der Waals surface area contributed by atoms with Crippen molar-refractivity contribution in [2.45, 2.75) is 6.10 Å². The van der Waals surface area contributed by atoms with E-state index in [0.717, 1.165) is 0 Å². The summed E-state index contributed by atoms with van der Waals surface area (Å²) in [6, 6.07) is 7.15. The van der Waals surface area contributed by atoms with E-state index in [1.807, 2.05) is 25.1 Å². The van der Waals surface area contributed by atoms with Gasteiger partial charge in [0.1, 0.15) is 12.7 Å². The molecule has 108 valence electrons. The summed E-state index contributed by atoms with van der Waals surface area (Å²) in [5.41, 5.74) is -0.165. The molecular weight excluding hydrogens is 258 g/mol. The summed E-state index contributed by atoms with van der Waals surface area (Å²) in [6.07, 6.45) is -0.609. The predicted molar refractivity (Wildman–Crippen MR) is 77.0 cm³/mol. The fourth-order valence-electron chi connectivity index (χ4n) is 2.02. The molecule has 1 aromatic carbocycles. The summed E-state index contributed by atoms with van der Waals surface area (Å²) in [5, 5.41) is 15.1. The Morgan fingerprint density at radius 3 is 2.65 bits per heavy atom. The van der Waals surface area contributed by atoms with E-state index < -0.39 is 6.10 Å². The van der Waals surface area contributed by atoms with Crippen molar-refractivity contribution in [1.29, 1.82) is 0 Å². The molecule has 0 saturated heterocycles. The number of nitrogens with zero attached hydrogens (tertiary/aromatic N) is 3. The summed E-state index contributed by atoms with van der Waals surface area (Å²) >= 11 is 0. The van der Waals surface area contributed by atoms with E-state index in [4.69, 9.17) is 4.74 Å². The molecule has 6 heteroatoms. The highest BCUT2D eigenvalue weighted by molar-refractivity contribution is 5.85. The largest absolute Gasteiger partial charge is 0.473 e. The third-order valence-corrected chi connectivity index (χ3v) is 2.91. The Kier molecular flexibility index (Phi) is 4.36. The maximum absolute atomic E-state index is 12.0. The van der Waals surface area contributed by atoms with Crippen molar-refractivity contribution in [3.05, 3.63) is 34.6 Å². The second-order valence-electron chi connectivity index (χ2n) is 5.01. The molecule has 0 radical (unpaired) electrons. The van der Waals surface area contributed by atoms with Gasteiger partial charge in [0.15, 0.2) is 0 Å². The molecule has 1 unspecified atom stereocenters. The molecule has 0 amide bonds. The van der Waals surface area contributed by atoms with Gasteiger partial charge in [-0.3, -0.25) is 4.79 Å². The average molecular weight is 277 g/mol. The van der Waals surface area contributed by atoms with Gasteiger partial charge in [-0.1, -0.05) is 12.1 Å². The van der Waals surface area contributed by atoms with E-state index in [1.54, 1.807) is 25.2 Å². The van der Waals surface area contributed by atoms with Crippen LogP contribution in [-0.2, 0) is 7.05 Å². The number of likely N-dealkylation sites (N-methyl/N-ethyl adjacent to an activating group) is 1. The normalized spacial score (nSPS) is 12.8. The number of ether oxygens (including phenoxy) is 1. The Balaban J connectivity index is 2.26. The van der Waals surface area contributed by atoms with Crippen LogP contribution in [0.1, 0.15) is 0 Å². The molecule has 0 saturated carbocycles. The van der Waals surface area contributed by atoms with Crippen LogP contribution in [-0.4, -0.2) is 53.1 Å². The molecule has 0 aliphatic carbocycles. The molecule has 1 aromatic heterocycles. The van der Waals surface area contributed by atoms with Gasteiger partial charge in [-0.15, -0.1) is 5.10 Å². The molecule has 0 bridgehead atoms. The van der Waals surface area contributed by atoms with Crippen molar-refractivity contribution >= 4 is 10.8 Å². The third kappa shape index (κ3) is 3.15. The van der Waals surface area contributed by atoms with Crippen molar-refractivity contribution < 1.29 is 9.84 Å². The van der Waals surface area contributed by atoms with Crippen LogP contribution in [0.3, 0.4) is 0 Å². The summed E-state index contributed by atoms with van der Waals surface area (Å²) in [4.78, 5) is 13.8. The highest BCUT2D eigenvalue weighted by atomic mass is 16.5. The number of rotatable bonds is 5. The van der Waals surface area contributed by atoms with Crippen LogP contribution in [0, 0.1) is 0 Å². The van der Waals surface area contributed by atoms with Gasteiger partial charge in [0.05, 0.1) is 10.8 Å². The van der Waals surface area contributed by atoms with Gasteiger partial charge >= 0.3 is 0 Å². The highest BCUT2D eigenvalue weighted by Gasteiger charge is 2.12. The fourth-order valence-corrected chi connectivity index (χ4v) is 2.02. The monoisotopic (exact) mass is 277 g/mol. The Bertz CT molecular complexity index is 652. The topological polar surface area (TPSA) is 67.6 Å². The predicted octanol–water partition coefficient (Wildman–Crippen LogP) is 0.235. The van der Waals surface area contributed by atoms with Crippen LogP contribution < -0.4 is 10.3 Å². The van der Waals surface area contributed by atoms with Gasteiger partial charge < -0.3 is 14.7 Å². The number of hydrogen-bond donors (Lipinski definition) is 1. The Hall–Kier alpha value is -1.92. The minimum Gasteiger partial charge on any atom is -0.473 e. The second kappa shape index (κ2) is 6.02. The summed E-state index contributed by atoms with van der Waals surface area (Å²) in [7, 11) is 5.34. The van der Waals surface area contributed by atoms with Crippen molar-refractivity contribution in [2.24, 2.45) is 7.05 Å². The van der Waals surface area contributed by atoms with Crippen LogP contribution in [0.2, 0.25) is 0 Å². The van der Waals surface area contributed by atoms with E-state index in [1.165, 1.54) is 4.68 Å². The van der Waals surface area contributed by atoms with E-state index in [2.05, 4.69) is 5.10 Å². The van der Waals surface area contributed by atoms with Crippen LogP contribution in [0.15, 0.2) is 29.1 Å². The molecular formula is C14H19N3O3. The van der Waals surface area contributed by atoms with Crippen molar-refractivity contribution in [1.82, 2.24) is 14.7 Å². The van der Waals surface area contributed by atoms with Gasteiger partial charge in [0, 0.05) is 13.6 Å². The van der Waals surface area contributed by atoms with Crippen molar-refractivity contribution in [2.75, 3.05) is 27.2 Å². The van der Waals surface area contributed by atoms with E-state index in [9.17, 15) is 9.90 Å². The lowest BCUT2D eigenvalue weighted by Gasteiger charge is -2.17. The van der Waals surface area contributed by atoms with Crippen molar-refractivity contribution in [3.8, 4) is 5.88 Å². The lowest BCUT2D eigenvalue weighted by molar-refractivity contribution is 0.0810. The van der Waals surface area contributed by atoms with Gasteiger partial charge in [0.25, 0.3) is 5.56 Å². The zero-order valence-corrected chi connectivity index (χ0v) is 11.9. The first-order valence-corrected chi connectivity index (χ1v) is 6.40. The lowest BCUT2D eigenvalue weighted by Crippen LogP contribution is -2.31. The molecule has 2 aromatic rings. The van der Waals surface area contributed by atoms with Gasteiger partial charge in [0.2, 0.25) is 5.88 Å². The molecule has 0 aliphatic rings. The highest BCUT2D eigenvalue weighted by Crippen LogP contribution is 2.19. The van der Waals surface area contributed by atoms with E-state index in [-0.39, 0.29) is 12.2 Å². The third-order valence-electron chi connectivity index (χ3n) is 2.91. The molecule has 1 N–H and O–H groups in total. The SMILES string of the molecule is CN(C)CC(O)COc1nn(C)c(=O)c2ccccc12. The maximum atomic E-state index is 12.0. The zero-order chi connectivity index (χ0) is 14.7. The first-order chi connectivity index (χ1) is 9.49. The summed E-state index contributed by atoms with van der Waals surface area (Å²) in [5.74, 6) is 0.362. The minimum absolute atomic E-state index is 0.132. The first kappa shape index (κ1) is 14.5. The molecule has 1 heterocycles. The zero-order valence-electron chi connectivity index (χ0n) is 11.9. The van der Waals surface area contributed by atoms with Crippen LogP contribution in [0.25, 0.3) is 10.8 Å². The number of aliphatic hydroxyl groups is 1. The summed E-state index contributed by atoms with van der Waals surface area (Å²) < 4.78 is 6.82. The standard InChI is InChI=1S/C14H19N3O3/c1-16(2)8-10(18)9-20-13-11-6-4-5-7-12(11)14(19)17(3)15-13/h4-7,10,18H,8-9H2,1-3H3. The molecule has 20 heavy (non-hydrogen) atoms. The van der Waals surface area contributed by atoms with Gasteiger partial charge in [-0.05, 0) is 26.2 Å². The fraction of sp³-hybridized carbons (Fsp3) is 0.429. The molecule has 0 spiro atoms. The number of hydrogen-bond acceptors (Lipinski definition) is 5. The summed E-state index contributed by atoms with van der Waals surface area (Å²) in [6.45, 7) is 0.636. The quantitative estimate of drug-likeness (QED) is 0.847. The number of aryl methyl sites for hydroxylation is 1. The molecule has 6 nitrogen and oxygen atoms in total. The van der Waals surface area contributed by atoms with Crippen LogP contribution >= 0.6 is 0 Å². The second-order valence-corrected chi connectivity index (χ2v) is 5.01. The van der Waals surface area contributed by atoms with Gasteiger partial charge in [-0.2, -0.15) is 0 Å². The van der Waals surface area contributed by atoms with Crippen LogP contribution in [0.4, 0.5) is 0 Å². The molecule has 2 rings (SSSR count). The maximum Gasteiger partial charge on any atom is 0.274 e. The number of benzene rings is 1. The lowest BCUT2D eigenvalue weighted by atomic mass is 10.2. The minimum atomic E-state index is -0.609. The molecule has 1 atom stereocenters. The number of fused-ring (bicyclic) bond motifs is 1.